The van der Waals surface area contributed by atoms with E-state index in [-0.39, 0.29) is 12.3 Å². The SMILES string of the molecule is C=CC[C@@]1(O)C(=O)N(c2ccc(OC)cc2)[C@@H]1c1ccc(OC)cc1. The summed E-state index contributed by atoms with van der Waals surface area (Å²) in [7, 11) is 3.19. The molecule has 0 bridgehead atoms. The van der Waals surface area contributed by atoms with Gasteiger partial charge in [-0.1, -0.05) is 18.2 Å². The van der Waals surface area contributed by atoms with Crippen molar-refractivity contribution in [2.75, 3.05) is 19.1 Å². The minimum atomic E-state index is -1.49. The van der Waals surface area contributed by atoms with Crippen LogP contribution in [0.4, 0.5) is 5.69 Å². The van der Waals surface area contributed by atoms with Crippen LogP contribution in [0.1, 0.15) is 18.0 Å². The molecule has 130 valence electrons. The first-order chi connectivity index (χ1) is 12.0. The van der Waals surface area contributed by atoms with Crippen LogP contribution in [0.5, 0.6) is 11.5 Å². The molecule has 2 aromatic carbocycles. The van der Waals surface area contributed by atoms with Crippen molar-refractivity contribution in [3.8, 4) is 11.5 Å². The molecule has 1 amide bonds. The number of hydrogen-bond acceptors (Lipinski definition) is 4. The number of nitrogens with zero attached hydrogens (tertiary/aromatic N) is 1. The van der Waals surface area contributed by atoms with E-state index < -0.39 is 11.6 Å². The summed E-state index contributed by atoms with van der Waals surface area (Å²) < 4.78 is 10.3. The van der Waals surface area contributed by atoms with Gasteiger partial charge in [-0.3, -0.25) is 9.69 Å². The molecule has 0 radical (unpaired) electrons. The van der Waals surface area contributed by atoms with Gasteiger partial charge in [0.05, 0.1) is 14.2 Å². The molecule has 1 heterocycles. The van der Waals surface area contributed by atoms with Gasteiger partial charge in [0.25, 0.3) is 5.91 Å². The number of ether oxygens (including phenoxy) is 2. The largest absolute Gasteiger partial charge is 0.497 e. The number of benzene rings is 2. The van der Waals surface area contributed by atoms with Crippen LogP contribution in [0.25, 0.3) is 0 Å². The maximum absolute atomic E-state index is 12.7. The molecule has 25 heavy (non-hydrogen) atoms. The Morgan fingerprint density at radius 3 is 2.08 bits per heavy atom. The average Bonchev–Trinajstić information content (AvgIpc) is 2.66. The molecule has 1 aliphatic heterocycles. The van der Waals surface area contributed by atoms with Crippen LogP contribution < -0.4 is 14.4 Å². The molecule has 1 N–H and O–H groups in total. The number of carbonyl (C=O) groups excluding carboxylic acids is 1. The van der Waals surface area contributed by atoms with Crippen molar-refractivity contribution in [3.05, 3.63) is 66.7 Å². The summed E-state index contributed by atoms with van der Waals surface area (Å²) >= 11 is 0. The van der Waals surface area contributed by atoms with Crippen molar-refractivity contribution >= 4 is 11.6 Å². The maximum Gasteiger partial charge on any atom is 0.262 e. The zero-order chi connectivity index (χ0) is 18.0. The third-order valence-electron chi connectivity index (χ3n) is 4.54. The number of aliphatic hydroxyl groups is 1. The normalized spacial score (nSPS) is 22.3. The number of hydrogen-bond donors (Lipinski definition) is 1. The topological polar surface area (TPSA) is 59.0 Å². The van der Waals surface area contributed by atoms with Crippen molar-refractivity contribution in [2.45, 2.75) is 18.1 Å². The molecular formula is C20H21NO4. The standard InChI is InChI=1S/C20H21NO4/c1-4-13-20(23)18(14-5-9-16(24-2)10-6-14)21(19(20)22)15-7-11-17(25-3)12-8-15/h4-12,18,23H,1,13H2,2-3H3/t18-,20+/m1/s1. The van der Waals surface area contributed by atoms with E-state index in [1.165, 1.54) is 0 Å². The summed E-state index contributed by atoms with van der Waals surface area (Å²) in [6.45, 7) is 3.67. The fourth-order valence-electron chi connectivity index (χ4n) is 3.23. The molecule has 2 atom stereocenters. The lowest BCUT2D eigenvalue weighted by molar-refractivity contribution is -0.153. The smallest absolute Gasteiger partial charge is 0.262 e. The molecule has 1 aliphatic rings. The molecule has 1 saturated heterocycles. The van der Waals surface area contributed by atoms with Crippen LogP contribution in [-0.4, -0.2) is 30.8 Å². The van der Waals surface area contributed by atoms with Gasteiger partial charge in [-0.25, -0.2) is 0 Å². The second-order valence-electron chi connectivity index (χ2n) is 5.97. The number of β-lactam (4-membered cyclic amide) rings is 1. The zero-order valence-corrected chi connectivity index (χ0v) is 14.3. The zero-order valence-electron chi connectivity index (χ0n) is 14.3. The van der Waals surface area contributed by atoms with Crippen molar-refractivity contribution in [3.63, 3.8) is 0 Å². The third-order valence-corrected chi connectivity index (χ3v) is 4.54. The van der Waals surface area contributed by atoms with Crippen LogP contribution in [0.3, 0.4) is 0 Å². The fourth-order valence-corrected chi connectivity index (χ4v) is 3.23. The molecule has 1 fully saturated rings. The Morgan fingerprint density at radius 1 is 1.08 bits per heavy atom. The Morgan fingerprint density at radius 2 is 1.60 bits per heavy atom. The highest BCUT2D eigenvalue weighted by Crippen LogP contribution is 2.48. The molecule has 3 rings (SSSR count). The highest BCUT2D eigenvalue weighted by molar-refractivity contribution is 6.08. The minimum absolute atomic E-state index is 0.190. The van der Waals surface area contributed by atoms with E-state index in [0.717, 1.165) is 11.3 Å². The summed E-state index contributed by atoms with van der Waals surface area (Å²) in [6, 6.07) is 14.1. The van der Waals surface area contributed by atoms with Gasteiger partial charge < -0.3 is 14.6 Å². The predicted octanol–water partition coefficient (Wildman–Crippen LogP) is 3.10. The number of rotatable bonds is 6. The van der Waals surface area contributed by atoms with Crippen molar-refractivity contribution in [2.24, 2.45) is 0 Å². The van der Waals surface area contributed by atoms with Crippen LogP contribution >= 0.6 is 0 Å². The van der Waals surface area contributed by atoms with E-state index in [2.05, 4.69) is 6.58 Å². The first kappa shape index (κ1) is 17.0. The summed E-state index contributed by atoms with van der Waals surface area (Å²) in [5.41, 5.74) is 0.0527. The quantitative estimate of drug-likeness (QED) is 0.649. The van der Waals surface area contributed by atoms with E-state index in [1.807, 2.05) is 24.3 Å². The van der Waals surface area contributed by atoms with Gasteiger partial charge in [0, 0.05) is 12.1 Å². The van der Waals surface area contributed by atoms with Crippen LogP contribution in [-0.2, 0) is 4.79 Å². The van der Waals surface area contributed by atoms with Gasteiger partial charge in [0.15, 0.2) is 5.60 Å². The monoisotopic (exact) mass is 339 g/mol. The lowest BCUT2D eigenvalue weighted by Crippen LogP contribution is -2.68. The van der Waals surface area contributed by atoms with Gasteiger partial charge in [0.2, 0.25) is 0 Å². The molecule has 5 nitrogen and oxygen atoms in total. The summed E-state index contributed by atoms with van der Waals surface area (Å²) in [5, 5.41) is 10.9. The predicted molar refractivity (Wildman–Crippen MR) is 96.0 cm³/mol. The second-order valence-corrected chi connectivity index (χ2v) is 5.97. The van der Waals surface area contributed by atoms with Gasteiger partial charge in [-0.2, -0.15) is 0 Å². The van der Waals surface area contributed by atoms with E-state index >= 15 is 0 Å². The number of methoxy groups -OCH3 is 2. The van der Waals surface area contributed by atoms with Gasteiger partial charge in [-0.15, -0.1) is 6.58 Å². The Labute approximate surface area is 147 Å². The molecule has 0 aliphatic carbocycles. The Kier molecular flexibility index (Phi) is 4.51. The maximum atomic E-state index is 12.7. The van der Waals surface area contributed by atoms with Gasteiger partial charge in [0.1, 0.15) is 17.5 Å². The van der Waals surface area contributed by atoms with E-state index in [9.17, 15) is 9.90 Å². The van der Waals surface area contributed by atoms with E-state index in [0.29, 0.717) is 11.4 Å². The number of anilines is 1. The first-order valence-electron chi connectivity index (χ1n) is 8.00. The fraction of sp³-hybridized carbons (Fsp3) is 0.250. The molecule has 0 unspecified atom stereocenters. The summed E-state index contributed by atoms with van der Waals surface area (Å²) in [4.78, 5) is 14.3. The van der Waals surface area contributed by atoms with Crippen LogP contribution in [0.2, 0.25) is 0 Å². The average molecular weight is 339 g/mol. The summed E-state index contributed by atoms with van der Waals surface area (Å²) in [5.74, 6) is 1.09. The molecule has 0 saturated carbocycles. The first-order valence-corrected chi connectivity index (χ1v) is 8.00. The Balaban J connectivity index is 2.00. The van der Waals surface area contributed by atoms with Crippen molar-refractivity contribution in [1.82, 2.24) is 0 Å². The van der Waals surface area contributed by atoms with E-state index in [1.54, 1.807) is 49.5 Å². The number of carbonyl (C=O) groups is 1. The lowest BCUT2D eigenvalue weighted by atomic mass is 9.75. The molecule has 5 heteroatoms. The highest BCUT2D eigenvalue weighted by atomic mass is 16.5. The summed E-state index contributed by atoms with van der Waals surface area (Å²) in [6.07, 6.45) is 1.76. The van der Waals surface area contributed by atoms with Crippen LogP contribution in [0, 0.1) is 0 Å². The third kappa shape index (κ3) is 2.76. The Hall–Kier alpha value is -2.79. The van der Waals surface area contributed by atoms with Gasteiger partial charge >= 0.3 is 0 Å². The molecular weight excluding hydrogens is 318 g/mol. The molecule has 0 spiro atoms. The van der Waals surface area contributed by atoms with Gasteiger partial charge in [-0.05, 0) is 42.0 Å². The molecule has 2 aromatic rings. The minimum Gasteiger partial charge on any atom is -0.497 e. The Bertz CT molecular complexity index is 769. The highest BCUT2D eigenvalue weighted by Gasteiger charge is 2.60. The van der Waals surface area contributed by atoms with Crippen molar-refractivity contribution < 1.29 is 19.4 Å². The van der Waals surface area contributed by atoms with Crippen molar-refractivity contribution in [1.29, 1.82) is 0 Å². The molecule has 0 aromatic heterocycles. The lowest BCUT2D eigenvalue weighted by Gasteiger charge is -2.53. The van der Waals surface area contributed by atoms with E-state index in [4.69, 9.17) is 9.47 Å². The van der Waals surface area contributed by atoms with Crippen LogP contribution in [0.15, 0.2) is 61.2 Å². The number of amides is 1. The second kappa shape index (κ2) is 6.61.